The lowest BCUT2D eigenvalue weighted by atomic mass is 10.3. The Morgan fingerprint density at radius 2 is 2.19 bits per heavy atom. The number of nitrogens with one attached hydrogen (secondary N) is 1. The summed E-state index contributed by atoms with van der Waals surface area (Å²) >= 11 is 1.24. The van der Waals surface area contributed by atoms with Gasteiger partial charge >= 0.3 is 0 Å². The van der Waals surface area contributed by atoms with E-state index < -0.39 is 0 Å². The number of thioether (sulfide) groups is 1. The van der Waals surface area contributed by atoms with Gasteiger partial charge in [-0.05, 0) is 38.1 Å². The summed E-state index contributed by atoms with van der Waals surface area (Å²) in [5.74, 6) is 6.25. The van der Waals surface area contributed by atoms with E-state index in [4.69, 9.17) is 10.6 Å². The molecule has 1 atom stereocenters. The predicted octanol–water partition coefficient (Wildman–Crippen LogP) is 1.51. The number of aromatic nitrogens is 3. The molecule has 21 heavy (non-hydrogen) atoms. The summed E-state index contributed by atoms with van der Waals surface area (Å²) in [6.07, 6.45) is 1.39. The van der Waals surface area contributed by atoms with E-state index in [0.717, 1.165) is 5.75 Å². The van der Waals surface area contributed by atoms with Gasteiger partial charge in [0.25, 0.3) is 0 Å². The highest BCUT2D eigenvalue weighted by atomic mass is 32.2. The molecule has 0 aliphatic carbocycles. The summed E-state index contributed by atoms with van der Waals surface area (Å²) in [5, 5.41) is 10.5. The molecule has 0 fully saturated rings. The van der Waals surface area contributed by atoms with Gasteiger partial charge in [0.05, 0.1) is 11.9 Å². The standard InChI is InChI=1S/C13H17N5O2S/c1-3-20-11-6-4-10(5-7-11)16-12(19)9(2)21-13-17-15-8-18(13)14/h4-9H,3,14H2,1-2H3,(H,16,19)/t9-/m0/s1. The van der Waals surface area contributed by atoms with E-state index in [1.165, 1.54) is 22.8 Å². The van der Waals surface area contributed by atoms with Gasteiger partial charge in [-0.15, -0.1) is 10.2 Å². The van der Waals surface area contributed by atoms with Crippen molar-refractivity contribution in [1.82, 2.24) is 14.9 Å². The Bertz CT molecular complexity index is 599. The third-order valence-electron chi connectivity index (χ3n) is 2.62. The van der Waals surface area contributed by atoms with Gasteiger partial charge in [-0.2, -0.15) is 0 Å². The molecule has 112 valence electrons. The summed E-state index contributed by atoms with van der Waals surface area (Å²) in [7, 11) is 0. The quantitative estimate of drug-likeness (QED) is 0.620. The number of nitrogens with zero attached hydrogens (tertiary/aromatic N) is 3. The van der Waals surface area contributed by atoms with Crippen molar-refractivity contribution < 1.29 is 9.53 Å². The van der Waals surface area contributed by atoms with E-state index in [0.29, 0.717) is 17.5 Å². The smallest absolute Gasteiger partial charge is 0.237 e. The van der Waals surface area contributed by atoms with Crippen molar-refractivity contribution in [2.24, 2.45) is 0 Å². The number of ether oxygens (including phenoxy) is 1. The van der Waals surface area contributed by atoms with E-state index in [2.05, 4.69) is 15.5 Å². The van der Waals surface area contributed by atoms with Crippen molar-refractivity contribution in [3.05, 3.63) is 30.6 Å². The number of anilines is 1. The number of rotatable bonds is 6. The first kappa shape index (κ1) is 15.2. The van der Waals surface area contributed by atoms with Crippen molar-refractivity contribution in [3.8, 4) is 5.75 Å². The minimum atomic E-state index is -0.344. The third kappa shape index (κ3) is 4.12. The Balaban J connectivity index is 1.92. The van der Waals surface area contributed by atoms with Crippen LogP contribution in [0.4, 0.5) is 5.69 Å². The monoisotopic (exact) mass is 307 g/mol. The Morgan fingerprint density at radius 1 is 1.48 bits per heavy atom. The highest BCUT2D eigenvalue weighted by Crippen LogP contribution is 2.21. The maximum absolute atomic E-state index is 12.1. The van der Waals surface area contributed by atoms with Gasteiger partial charge in [-0.25, -0.2) is 4.68 Å². The van der Waals surface area contributed by atoms with Crippen LogP contribution in [0, 0.1) is 0 Å². The molecule has 2 rings (SSSR count). The first-order valence-electron chi connectivity index (χ1n) is 6.45. The predicted molar refractivity (Wildman–Crippen MR) is 81.7 cm³/mol. The molecule has 0 radical (unpaired) electrons. The SMILES string of the molecule is CCOc1ccc(NC(=O)[C@H](C)Sc2nncn2N)cc1. The van der Waals surface area contributed by atoms with Crippen LogP contribution in [0.15, 0.2) is 35.7 Å². The number of hydrogen-bond acceptors (Lipinski definition) is 6. The molecule has 1 aromatic carbocycles. The second-order valence-corrected chi connectivity index (χ2v) is 5.54. The fourth-order valence-corrected chi connectivity index (χ4v) is 2.32. The second-order valence-electron chi connectivity index (χ2n) is 4.23. The molecule has 1 aromatic heterocycles. The zero-order valence-electron chi connectivity index (χ0n) is 11.8. The molecule has 0 spiro atoms. The summed E-state index contributed by atoms with van der Waals surface area (Å²) in [6, 6.07) is 7.22. The normalized spacial score (nSPS) is 11.9. The summed E-state index contributed by atoms with van der Waals surface area (Å²) in [5.41, 5.74) is 0.713. The average Bonchev–Trinajstić information content (AvgIpc) is 2.86. The van der Waals surface area contributed by atoms with Crippen LogP contribution in [-0.2, 0) is 4.79 Å². The van der Waals surface area contributed by atoms with Crippen LogP contribution in [0.25, 0.3) is 0 Å². The van der Waals surface area contributed by atoms with Gasteiger partial charge < -0.3 is 15.9 Å². The van der Waals surface area contributed by atoms with Crippen LogP contribution in [-0.4, -0.2) is 32.6 Å². The minimum absolute atomic E-state index is 0.132. The number of nitrogens with two attached hydrogens (primary N) is 1. The lowest BCUT2D eigenvalue weighted by Crippen LogP contribution is -2.23. The Labute approximate surface area is 126 Å². The van der Waals surface area contributed by atoms with Crippen LogP contribution >= 0.6 is 11.8 Å². The zero-order chi connectivity index (χ0) is 15.2. The maximum Gasteiger partial charge on any atom is 0.237 e. The van der Waals surface area contributed by atoms with Gasteiger partial charge in [0.2, 0.25) is 11.1 Å². The van der Waals surface area contributed by atoms with Crippen molar-refractivity contribution in [1.29, 1.82) is 0 Å². The summed E-state index contributed by atoms with van der Waals surface area (Å²) < 4.78 is 6.63. The molecular weight excluding hydrogens is 290 g/mol. The summed E-state index contributed by atoms with van der Waals surface area (Å²) in [4.78, 5) is 12.1. The minimum Gasteiger partial charge on any atom is -0.494 e. The first-order valence-corrected chi connectivity index (χ1v) is 7.33. The van der Waals surface area contributed by atoms with Gasteiger partial charge in [-0.1, -0.05) is 11.8 Å². The number of carbonyl (C=O) groups excluding carboxylic acids is 1. The van der Waals surface area contributed by atoms with Crippen LogP contribution < -0.4 is 15.9 Å². The van der Waals surface area contributed by atoms with Gasteiger partial charge in [0.15, 0.2) is 0 Å². The van der Waals surface area contributed by atoms with Gasteiger partial charge in [0.1, 0.15) is 12.1 Å². The van der Waals surface area contributed by atoms with E-state index in [-0.39, 0.29) is 11.2 Å². The molecule has 0 aliphatic rings. The highest BCUT2D eigenvalue weighted by Gasteiger charge is 2.17. The number of carbonyl (C=O) groups is 1. The number of amides is 1. The Morgan fingerprint density at radius 3 is 2.76 bits per heavy atom. The summed E-state index contributed by atoms with van der Waals surface area (Å²) in [6.45, 7) is 4.31. The Hall–Kier alpha value is -2.22. The lowest BCUT2D eigenvalue weighted by molar-refractivity contribution is -0.115. The molecule has 0 saturated carbocycles. The molecule has 0 bridgehead atoms. The Kier molecular flexibility index (Phi) is 5.04. The molecular formula is C13H17N5O2S. The third-order valence-corrected chi connectivity index (χ3v) is 3.70. The van der Waals surface area contributed by atoms with Crippen molar-refractivity contribution in [2.45, 2.75) is 24.3 Å². The van der Waals surface area contributed by atoms with E-state index in [9.17, 15) is 4.79 Å². The molecule has 1 heterocycles. The van der Waals surface area contributed by atoms with Crippen LogP contribution in [0.1, 0.15) is 13.8 Å². The van der Waals surface area contributed by atoms with Crippen LogP contribution in [0.5, 0.6) is 5.75 Å². The highest BCUT2D eigenvalue weighted by molar-refractivity contribution is 8.00. The molecule has 8 heteroatoms. The fourth-order valence-electron chi connectivity index (χ4n) is 1.57. The van der Waals surface area contributed by atoms with Crippen molar-refractivity contribution >= 4 is 23.4 Å². The zero-order valence-corrected chi connectivity index (χ0v) is 12.6. The molecule has 0 aliphatic heterocycles. The molecule has 3 N–H and O–H groups in total. The van der Waals surface area contributed by atoms with Gasteiger partial charge in [-0.3, -0.25) is 4.79 Å². The molecule has 2 aromatic rings. The first-order chi connectivity index (χ1) is 10.1. The van der Waals surface area contributed by atoms with Gasteiger partial charge in [0, 0.05) is 5.69 Å². The maximum atomic E-state index is 12.1. The molecule has 0 saturated heterocycles. The van der Waals surface area contributed by atoms with Crippen LogP contribution in [0.3, 0.4) is 0 Å². The number of hydrogen-bond donors (Lipinski definition) is 2. The fraction of sp³-hybridized carbons (Fsp3) is 0.308. The average molecular weight is 307 g/mol. The molecule has 1 amide bonds. The van der Waals surface area contributed by atoms with Crippen molar-refractivity contribution in [2.75, 3.05) is 17.8 Å². The van der Waals surface area contributed by atoms with E-state index in [1.807, 2.05) is 19.1 Å². The number of nitrogen functional groups attached to an aromatic ring is 1. The van der Waals surface area contributed by atoms with E-state index in [1.54, 1.807) is 19.1 Å². The largest absolute Gasteiger partial charge is 0.494 e. The molecule has 7 nitrogen and oxygen atoms in total. The second kappa shape index (κ2) is 6.98. The van der Waals surface area contributed by atoms with E-state index >= 15 is 0 Å². The lowest BCUT2D eigenvalue weighted by Gasteiger charge is -2.11. The van der Waals surface area contributed by atoms with Crippen LogP contribution in [0.2, 0.25) is 0 Å². The number of benzene rings is 1. The van der Waals surface area contributed by atoms with Crippen molar-refractivity contribution in [3.63, 3.8) is 0 Å². The topological polar surface area (TPSA) is 95.1 Å². The molecule has 0 unspecified atom stereocenters.